The maximum Gasteiger partial charge on any atom is 0.0281 e. The third-order valence-electron chi connectivity index (χ3n) is 3.07. The van der Waals surface area contributed by atoms with Gasteiger partial charge in [-0.05, 0) is 25.0 Å². The third-order valence-corrected chi connectivity index (χ3v) is 3.07. The van der Waals surface area contributed by atoms with Gasteiger partial charge in [-0.2, -0.15) is 0 Å². The molecule has 0 spiro atoms. The zero-order chi connectivity index (χ0) is 11.8. The monoisotopic (exact) mass is 222 g/mol. The molecule has 1 aromatic heterocycles. The number of aryl methyl sites for hydroxylation is 1. The molecule has 0 aliphatic heterocycles. The summed E-state index contributed by atoms with van der Waals surface area (Å²) < 4.78 is 2.26. The van der Waals surface area contributed by atoms with Gasteiger partial charge in [0.05, 0.1) is 0 Å². The second-order valence-electron chi connectivity index (χ2n) is 4.74. The molecule has 0 aliphatic carbocycles. The van der Waals surface area contributed by atoms with Gasteiger partial charge in [0.15, 0.2) is 0 Å². The van der Waals surface area contributed by atoms with Gasteiger partial charge >= 0.3 is 0 Å². The zero-order valence-electron chi connectivity index (χ0n) is 10.8. The lowest BCUT2D eigenvalue weighted by molar-refractivity contribution is 0.558. The number of nitrogens with two attached hydrogens (primary N) is 1. The number of nitrogens with zero attached hydrogens (tertiary/aromatic N) is 1. The second-order valence-corrected chi connectivity index (χ2v) is 4.74. The van der Waals surface area contributed by atoms with Crippen molar-refractivity contribution in [3.05, 3.63) is 24.0 Å². The Morgan fingerprint density at radius 1 is 1.19 bits per heavy atom. The molecule has 0 aliphatic rings. The summed E-state index contributed by atoms with van der Waals surface area (Å²) in [6.45, 7) is 5.43. The number of aromatic nitrogens is 1. The topological polar surface area (TPSA) is 30.9 Å². The SMILES string of the molecule is CCCCCCCCn1ccc(C(C)N)c1. The van der Waals surface area contributed by atoms with Crippen LogP contribution in [0.15, 0.2) is 18.5 Å². The van der Waals surface area contributed by atoms with Crippen LogP contribution in [0.3, 0.4) is 0 Å². The van der Waals surface area contributed by atoms with Gasteiger partial charge in [0.25, 0.3) is 0 Å². The van der Waals surface area contributed by atoms with E-state index in [1.54, 1.807) is 0 Å². The molecule has 1 unspecified atom stereocenters. The van der Waals surface area contributed by atoms with Crippen LogP contribution in [0.5, 0.6) is 0 Å². The molecule has 16 heavy (non-hydrogen) atoms. The molecule has 0 saturated heterocycles. The molecule has 1 aromatic rings. The van der Waals surface area contributed by atoms with E-state index in [1.165, 1.54) is 44.1 Å². The first-order chi connectivity index (χ1) is 7.74. The Morgan fingerprint density at radius 2 is 1.88 bits per heavy atom. The van der Waals surface area contributed by atoms with Crippen LogP contribution in [0.2, 0.25) is 0 Å². The predicted octanol–water partition coefficient (Wildman–Crippen LogP) is 3.87. The average Bonchev–Trinajstić information content (AvgIpc) is 2.72. The zero-order valence-corrected chi connectivity index (χ0v) is 10.8. The Balaban J connectivity index is 2.12. The first kappa shape index (κ1) is 13.3. The highest BCUT2D eigenvalue weighted by Crippen LogP contribution is 2.11. The molecule has 1 heterocycles. The maximum absolute atomic E-state index is 5.82. The van der Waals surface area contributed by atoms with Crippen LogP contribution in [0.1, 0.15) is 64.0 Å². The van der Waals surface area contributed by atoms with Gasteiger partial charge in [0.1, 0.15) is 0 Å². The fourth-order valence-corrected chi connectivity index (χ4v) is 1.94. The van der Waals surface area contributed by atoms with E-state index < -0.39 is 0 Å². The summed E-state index contributed by atoms with van der Waals surface area (Å²) >= 11 is 0. The van der Waals surface area contributed by atoms with E-state index in [-0.39, 0.29) is 6.04 Å². The Kier molecular flexibility index (Phi) is 6.24. The van der Waals surface area contributed by atoms with Crippen molar-refractivity contribution in [1.29, 1.82) is 0 Å². The van der Waals surface area contributed by atoms with E-state index in [4.69, 9.17) is 5.73 Å². The van der Waals surface area contributed by atoms with Crippen molar-refractivity contribution in [3.8, 4) is 0 Å². The van der Waals surface area contributed by atoms with Crippen molar-refractivity contribution in [2.75, 3.05) is 0 Å². The van der Waals surface area contributed by atoms with Gasteiger partial charge in [0, 0.05) is 25.0 Å². The first-order valence-electron chi connectivity index (χ1n) is 6.65. The molecule has 0 aromatic carbocycles. The highest BCUT2D eigenvalue weighted by molar-refractivity contribution is 5.13. The van der Waals surface area contributed by atoms with Gasteiger partial charge < -0.3 is 10.3 Å². The van der Waals surface area contributed by atoms with Crippen LogP contribution in [-0.4, -0.2) is 4.57 Å². The summed E-state index contributed by atoms with van der Waals surface area (Å²) in [5, 5.41) is 0. The smallest absolute Gasteiger partial charge is 0.0281 e. The van der Waals surface area contributed by atoms with E-state index in [0.717, 1.165) is 6.54 Å². The van der Waals surface area contributed by atoms with Gasteiger partial charge in [-0.1, -0.05) is 39.0 Å². The minimum Gasteiger partial charge on any atom is -0.354 e. The minimum absolute atomic E-state index is 0.158. The second kappa shape index (κ2) is 7.50. The average molecular weight is 222 g/mol. The van der Waals surface area contributed by atoms with Crippen LogP contribution in [0.4, 0.5) is 0 Å². The maximum atomic E-state index is 5.82. The lowest BCUT2D eigenvalue weighted by Gasteiger charge is -2.04. The van der Waals surface area contributed by atoms with Crippen LogP contribution >= 0.6 is 0 Å². The van der Waals surface area contributed by atoms with Crippen LogP contribution in [0.25, 0.3) is 0 Å². The van der Waals surface area contributed by atoms with E-state index in [1.807, 2.05) is 6.92 Å². The lowest BCUT2D eigenvalue weighted by Crippen LogP contribution is -2.03. The van der Waals surface area contributed by atoms with Crippen molar-refractivity contribution >= 4 is 0 Å². The predicted molar refractivity (Wildman–Crippen MR) is 70.4 cm³/mol. The molecule has 1 atom stereocenters. The van der Waals surface area contributed by atoms with Gasteiger partial charge in [-0.3, -0.25) is 0 Å². The molecule has 2 nitrogen and oxygen atoms in total. The Morgan fingerprint density at radius 3 is 2.50 bits per heavy atom. The molecular formula is C14H26N2. The molecule has 0 fully saturated rings. The quantitative estimate of drug-likeness (QED) is 0.665. The van der Waals surface area contributed by atoms with Crippen molar-refractivity contribution in [2.45, 2.75) is 65.0 Å². The Hall–Kier alpha value is -0.760. The molecular weight excluding hydrogens is 196 g/mol. The number of unbranched alkanes of at least 4 members (excludes halogenated alkanes) is 5. The number of rotatable bonds is 8. The molecule has 2 N–H and O–H groups in total. The van der Waals surface area contributed by atoms with E-state index in [9.17, 15) is 0 Å². The molecule has 0 radical (unpaired) electrons. The van der Waals surface area contributed by atoms with Crippen molar-refractivity contribution in [1.82, 2.24) is 4.57 Å². The molecule has 0 amide bonds. The van der Waals surface area contributed by atoms with Crippen molar-refractivity contribution in [2.24, 2.45) is 5.73 Å². The summed E-state index contributed by atoms with van der Waals surface area (Å²) in [7, 11) is 0. The molecule has 92 valence electrons. The Bertz CT molecular complexity index is 276. The normalized spacial score (nSPS) is 12.9. The number of hydrogen-bond donors (Lipinski definition) is 1. The van der Waals surface area contributed by atoms with Gasteiger partial charge in [-0.15, -0.1) is 0 Å². The largest absolute Gasteiger partial charge is 0.354 e. The highest BCUT2D eigenvalue weighted by atomic mass is 14.9. The summed E-state index contributed by atoms with van der Waals surface area (Å²) in [6.07, 6.45) is 12.5. The molecule has 1 rings (SSSR count). The summed E-state index contributed by atoms with van der Waals surface area (Å²) in [5.41, 5.74) is 7.07. The lowest BCUT2D eigenvalue weighted by atomic mass is 10.1. The van der Waals surface area contributed by atoms with Crippen LogP contribution in [-0.2, 0) is 6.54 Å². The molecule has 0 saturated carbocycles. The van der Waals surface area contributed by atoms with Crippen LogP contribution in [0, 0.1) is 0 Å². The minimum atomic E-state index is 0.158. The fraction of sp³-hybridized carbons (Fsp3) is 0.714. The van der Waals surface area contributed by atoms with E-state index in [0.29, 0.717) is 0 Å². The van der Waals surface area contributed by atoms with Crippen LogP contribution < -0.4 is 5.73 Å². The van der Waals surface area contributed by atoms with E-state index >= 15 is 0 Å². The highest BCUT2D eigenvalue weighted by Gasteiger charge is 2.00. The van der Waals surface area contributed by atoms with E-state index in [2.05, 4.69) is 30.0 Å². The van der Waals surface area contributed by atoms with Gasteiger partial charge in [0.2, 0.25) is 0 Å². The number of hydrogen-bond acceptors (Lipinski definition) is 1. The summed E-state index contributed by atoms with van der Waals surface area (Å²) in [4.78, 5) is 0. The molecule has 2 heteroatoms. The van der Waals surface area contributed by atoms with Crippen molar-refractivity contribution < 1.29 is 0 Å². The fourth-order valence-electron chi connectivity index (χ4n) is 1.94. The summed E-state index contributed by atoms with van der Waals surface area (Å²) in [6, 6.07) is 2.28. The van der Waals surface area contributed by atoms with Crippen molar-refractivity contribution in [3.63, 3.8) is 0 Å². The first-order valence-corrected chi connectivity index (χ1v) is 6.65. The summed E-state index contributed by atoms with van der Waals surface area (Å²) in [5.74, 6) is 0. The van der Waals surface area contributed by atoms with Gasteiger partial charge in [-0.25, -0.2) is 0 Å². The Labute approximate surface area is 99.8 Å². The standard InChI is InChI=1S/C14H26N2/c1-3-4-5-6-7-8-10-16-11-9-14(12-16)13(2)15/h9,11-13H,3-8,10,15H2,1-2H3. The molecule has 0 bridgehead atoms. The third kappa shape index (κ3) is 4.84.